The monoisotopic (exact) mass is 642 g/mol. The number of pyridine rings is 2. The summed E-state index contributed by atoms with van der Waals surface area (Å²) in [7, 11) is 0. The Morgan fingerprint density at radius 2 is 0.980 bits per heavy atom. The highest BCUT2D eigenvalue weighted by Crippen LogP contribution is 2.35. The number of anilines is 2. The molecule has 8 aromatic rings. The molecule has 0 radical (unpaired) electrons. The van der Waals surface area contributed by atoms with E-state index in [0.29, 0.717) is 0 Å². The van der Waals surface area contributed by atoms with Crippen molar-refractivity contribution in [1.29, 1.82) is 0 Å². The van der Waals surface area contributed by atoms with E-state index in [1.165, 1.54) is 33.1 Å². The molecule has 238 valence electrons. The molecule has 9 rings (SSSR count). The van der Waals surface area contributed by atoms with E-state index >= 15 is 0 Å². The highest BCUT2D eigenvalue weighted by Gasteiger charge is 2.15. The number of hydrogen-bond donors (Lipinski definition) is 0. The van der Waals surface area contributed by atoms with Gasteiger partial charge in [0.25, 0.3) is 0 Å². The van der Waals surface area contributed by atoms with E-state index in [1.54, 1.807) is 0 Å². The molecule has 5 aromatic carbocycles. The fourth-order valence-electron chi connectivity index (χ4n) is 7.12. The number of allylic oxidation sites excluding steroid dienone is 3. The van der Waals surface area contributed by atoms with Crippen molar-refractivity contribution in [3.63, 3.8) is 0 Å². The number of para-hydroxylation sites is 3. The van der Waals surface area contributed by atoms with Gasteiger partial charge in [0.05, 0.1) is 33.8 Å². The first-order chi connectivity index (χ1) is 24.8. The second-order valence-electron chi connectivity index (χ2n) is 12.6. The fraction of sp³-hybridized carbons (Fsp3) is 0.0435. The summed E-state index contributed by atoms with van der Waals surface area (Å²) in [5, 5.41) is 2.50. The van der Waals surface area contributed by atoms with E-state index in [1.807, 2.05) is 12.1 Å². The SMILES string of the molecule is C1=C\Cc2ccccc2N(c2cccc(-c3cccc(-c4cccc(-c5cccc(-n6c7ccccc7c7ccccc76)c5)n4)n3)c2)C\C=C/1. The number of fused-ring (bicyclic) bond motifs is 4. The van der Waals surface area contributed by atoms with Gasteiger partial charge < -0.3 is 9.47 Å². The second-order valence-corrected chi connectivity index (χ2v) is 12.6. The van der Waals surface area contributed by atoms with Gasteiger partial charge in [-0.25, -0.2) is 9.97 Å². The van der Waals surface area contributed by atoms with Crippen LogP contribution in [0.25, 0.3) is 61.4 Å². The Labute approximate surface area is 292 Å². The van der Waals surface area contributed by atoms with Gasteiger partial charge in [-0.2, -0.15) is 0 Å². The Hall–Kier alpha value is -6.52. The molecular formula is C46H34N4. The average molecular weight is 643 g/mol. The lowest BCUT2D eigenvalue weighted by Gasteiger charge is -2.26. The van der Waals surface area contributed by atoms with Crippen LogP contribution in [0.3, 0.4) is 0 Å². The standard InChI is InChI=1S/C46H34N4/c1-2-10-30-49(44-27-7-4-16-33(44)15-3-1)36-19-11-17-34(31-36)40-23-13-25-42(47-40)43-26-14-24-41(48-43)35-18-12-20-37(32-35)50-45-28-8-5-21-38(45)39-22-6-9-29-46(39)50/h1-14,16-29,31-32H,15,30H2/b3-1-,10-2-. The Kier molecular flexibility index (Phi) is 7.60. The Morgan fingerprint density at radius 1 is 0.440 bits per heavy atom. The highest BCUT2D eigenvalue weighted by atomic mass is 15.1. The molecule has 0 atom stereocenters. The van der Waals surface area contributed by atoms with Crippen molar-refractivity contribution < 1.29 is 0 Å². The van der Waals surface area contributed by atoms with Gasteiger partial charge in [-0.3, -0.25) is 0 Å². The van der Waals surface area contributed by atoms with Gasteiger partial charge in [0, 0.05) is 45.5 Å². The van der Waals surface area contributed by atoms with Gasteiger partial charge in [0.1, 0.15) is 0 Å². The molecule has 0 unspecified atom stereocenters. The van der Waals surface area contributed by atoms with Gasteiger partial charge in [-0.15, -0.1) is 0 Å². The van der Waals surface area contributed by atoms with Crippen LogP contribution in [-0.2, 0) is 6.42 Å². The molecule has 0 N–H and O–H groups in total. The molecule has 0 spiro atoms. The third-order valence-corrected chi connectivity index (χ3v) is 9.49. The highest BCUT2D eigenvalue weighted by molar-refractivity contribution is 6.09. The number of aromatic nitrogens is 3. The zero-order chi connectivity index (χ0) is 33.3. The lowest BCUT2D eigenvalue weighted by molar-refractivity contribution is 1.07. The van der Waals surface area contributed by atoms with Crippen molar-refractivity contribution in [2.45, 2.75) is 6.42 Å². The lowest BCUT2D eigenvalue weighted by Crippen LogP contribution is -2.18. The molecule has 4 heterocycles. The summed E-state index contributed by atoms with van der Waals surface area (Å²) in [5.74, 6) is 0. The van der Waals surface area contributed by atoms with Crippen LogP contribution in [-0.4, -0.2) is 21.1 Å². The fourth-order valence-corrected chi connectivity index (χ4v) is 7.12. The maximum Gasteiger partial charge on any atom is 0.0893 e. The first-order valence-corrected chi connectivity index (χ1v) is 17.1. The molecule has 4 nitrogen and oxygen atoms in total. The molecule has 0 amide bonds. The first kappa shape index (κ1) is 29.6. The normalized spacial score (nSPS) is 14.1. The summed E-state index contributed by atoms with van der Waals surface area (Å²) in [5.41, 5.74) is 12.8. The summed E-state index contributed by atoms with van der Waals surface area (Å²) in [6.45, 7) is 0.785. The smallest absolute Gasteiger partial charge is 0.0893 e. The van der Waals surface area contributed by atoms with Gasteiger partial charge in [0.2, 0.25) is 0 Å². The molecule has 1 aliphatic heterocycles. The number of nitrogens with zero attached hydrogens (tertiary/aromatic N) is 4. The van der Waals surface area contributed by atoms with E-state index < -0.39 is 0 Å². The molecule has 1 aliphatic rings. The molecule has 50 heavy (non-hydrogen) atoms. The van der Waals surface area contributed by atoms with E-state index in [0.717, 1.165) is 58.2 Å². The third kappa shape index (κ3) is 5.47. The first-order valence-electron chi connectivity index (χ1n) is 17.1. The Balaban J connectivity index is 1.06. The maximum absolute atomic E-state index is 5.15. The number of hydrogen-bond acceptors (Lipinski definition) is 3. The minimum absolute atomic E-state index is 0.785. The summed E-state index contributed by atoms with van der Waals surface area (Å²) >= 11 is 0. The molecular weight excluding hydrogens is 609 g/mol. The van der Waals surface area contributed by atoms with Crippen LogP contribution in [0.5, 0.6) is 0 Å². The van der Waals surface area contributed by atoms with Gasteiger partial charge in [-0.1, -0.05) is 115 Å². The predicted molar refractivity (Wildman–Crippen MR) is 208 cm³/mol. The molecule has 0 fully saturated rings. The second kappa shape index (κ2) is 12.8. The minimum Gasteiger partial charge on any atom is -0.337 e. The van der Waals surface area contributed by atoms with E-state index in [9.17, 15) is 0 Å². The number of rotatable bonds is 5. The quantitative estimate of drug-likeness (QED) is 0.187. The summed E-state index contributed by atoms with van der Waals surface area (Å²) < 4.78 is 2.34. The molecule has 0 aliphatic carbocycles. The van der Waals surface area contributed by atoms with Crippen LogP contribution in [0, 0.1) is 0 Å². The molecule has 4 heteroatoms. The Bertz CT molecular complexity index is 2520. The third-order valence-electron chi connectivity index (χ3n) is 9.49. The zero-order valence-corrected chi connectivity index (χ0v) is 27.5. The maximum atomic E-state index is 5.15. The van der Waals surface area contributed by atoms with Crippen LogP contribution in [0.4, 0.5) is 11.4 Å². The van der Waals surface area contributed by atoms with Crippen LogP contribution < -0.4 is 4.90 Å². The average Bonchev–Trinajstić information content (AvgIpc) is 3.57. The van der Waals surface area contributed by atoms with Crippen LogP contribution >= 0.6 is 0 Å². The van der Waals surface area contributed by atoms with Crippen LogP contribution in [0.2, 0.25) is 0 Å². The molecule has 0 saturated carbocycles. The van der Waals surface area contributed by atoms with Crippen molar-refractivity contribution >= 4 is 33.2 Å². The van der Waals surface area contributed by atoms with Gasteiger partial charge in [0.15, 0.2) is 0 Å². The minimum atomic E-state index is 0.785. The predicted octanol–water partition coefficient (Wildman–Crippen LogP) is 11.4. The summed E-state index contributed by atoms with van der Waals surface area (Å²) in [4.78, 5) is 12.7. The lowest BCUT2D eigenvalue weighted by atomic mass is 10.1. The van der Waals surface area contributed by atoms with Crippen LogP contribution in [0.15, 0.2) is 182 Å². The van der Waals surface area contributed by atoms with Crippen molar-refractivity contribution in [2.24, 2.45) is 0 Å². The van der Waals surface area contributed by atoms with E-state index in [2.05, 4.69) is 179 Å². The Morgan fingerprint density at radius 3 is 1.68 bits per heavy atom. The summed E-state index contributed by atoms with van der Waals surface area (Å²) in [6, 6.07) is 55.6. The van der Waals surface area contributed by atoms with Gasteiger partial charge >= 0.3 is 0 Å². The summed E-state index contributed by atoms with van der Waals surface area (Å²) in [6.07, 6.45) is 9.60. The van der Waals surface area contributed by atoms with Crippen molar-refractivity contribution in [3.8, 4) is 39.6 Å². The van der Waals surface area contributed by atoms with E-state index in [4.69, 9.17) is 9.97 Å². The van der Waals surface area contributed by atoms with Crippen LogP contribution in [0.1, 0.15) is 5.56 Å². The molecule has 0 saturated heterocycles. The number of benzene rings is 5. The van der Waals surface area contributed by atoms with Crippen molar-refractivity contribution in [3.05, 3.63) is 188 Å². The van der Waals surface area contributed by atoms with Crippen molar-refractivity contribution in [2.75, 3.05) is 11.4 Å². The molecule has 0 bridgehead atoms. The van der Waals surface area contributed by atoms with Crippen molar-refractivity contribution in [1.82, 2.24) is 14.5 Å². The molecule has 3 aromatic heterocycles. The van der Waals surface area contributed by atoms with E-state index in [-0.39, 0.29) is 0 Å². The largest absolute Gasteiger partial charge is 0.337 e. The van der Waals surface area contributed by atoms with Gasteiger partial charge in [-0.05, 0) is 78.7 Å². The topological polar surface area (TPSA) is 34.0 Å². The zero-order valence-electron chi connectivity index (χ0n) is 27.5.